The number of aliphatic hydroxyl groups excluding tert-OH is 4. The molecule has 2 unspecified atom stereocenters. The third kappa shape index (κ3) is 16.0. The number of carbonyl (C=O) groups is 8. The molecule has 16 rings (SSSR count). The summed E-state index contributed by atoms with van der Waals surface area (Å²) in [5.74, 6) is -6.46. The summed E-state index contributed by atoms with van der Waals surface area (Å²) in [6.07, 6.45) is 3.24. The average molecular weight is 1560 g/mol. The minimum Gasteiger partial charge on any atom is -0.507 e. The van der Waals surface area contributed by atoms with Gasteiger partial charge in [0.05, 0.1) is 120 Å². The maximum Gasteiger partial charge on any atom is 0.201 e. The van der Waals surface area contributed by atoms with Gasteiger partial charge in [0.2, 0.25) is 23.1 Å². The smallest absolute Gasteiger partial charge is 0.201 e. The van der Waals surface area contributed by atoms with Crippen molar-refractivity contribution in [3.63, 3.8) is 0 Å². The Morgan fingerprint density at radius 3 is 0.746 bits per heavy atom. The first-order valence-corrected chi connectivity index (χ1v) is 37.6. The molecule has 0 spiro atoms. The molecule has 0 bridgehead atoms. The summed E-state index contributed by atoms with van der Waals surface area (Å²) < 4.78 is 23.5. The number of ketones is 8. The summed E-state index contributed by atoms with van der Waals surface area (Å²) in [4.78, 5) is 102. The van der Waals surface area contributed by atoms with Crippen LogP contribution < -0.4 is 22.9 Å². The minimum absolute atomic E-state index is 0.0177. The Kier molecular flexibility index (Phi) is 23.6. The molecule has 20 N–H and O–H groups in total. The lowest BCUT2D eigenvalue weighted by Crippen LogP contribution is -2.47. The highest BCUT2D eigenvalue weighted by atomic mass is 16.5. The number of hydrogen-bond donors (Lipinski definition) is 16. The summed E-state index contributed by atoms with van der Waals surface area (Å²) in [5, 5.41) is 121. The van der Waals surface area contributed by atoms with Gasteiger partial charge in [-0.05, 0) is 171 Å². The van der Waals surface area contributed by atoms with E-state index in [1.165, 1.54) is 97.1 Å². The molecule has 8 aromatic rings. The molecule has 8 aliphatic rings. The number of aliphatic hydroxyl groups is 4. The monoisotopic (exact) mass is 1560 g/mol. The molecule has 0 aliphatic heterocycles. The summed E-state index contributed by atoms with van der Waals surface area (Å²) in [6, 6.07) is 27.6. The standard InChI is InChI=1S/2C22H23NO6.2C21H21NO6/c2*1-10-5-12(8-15(23)20(10)26)29-9-11-6-14-19(17(25)7-11)22(28)18-13(21(14)27)3-2-4-16(18)24;2*22-14-8-11(4-5-15(14)23)28-9-10-6-13-19(17(25)7-10)21(27)18-12(20(13)26)2-1-3-16(18)24/h2*2-4,6-7,10,12,15,20,24-26H,5,8-9,23H2,1H3;2*1-3,6-7,11,14-15,23-25H,4-5,8-9,22H2/t10?,12-,15+,20-;10?,12-,15-,20+;11-,14+,15-;11-,14-,15+/m0101/s1. The Labute approximate surface area is 652 Å². The second-order valence-electron chi connectivity index (χ2n) is 30.6. The van der Waals surface area contributed by atoms with E-state index in [1.54, 1.807) is 24.3 Å². The van der Waals surface area contributed by atoms with Gasteiger partial charge >= 0.3 is 0 Å². The number of fused-ring (bicyclic) bond motifs is 8. The Morgan fingerprint density at radius 1 is 0.281 bits per heavy atom. The van der Waals surface area contributed by atoms with Crippen molar-refractivity contribution in [2.75, 3.05) is 0 Å². The van der Waals surface area contributed by atoms with Crippen molar-refractivity contribution in [3.05, 3.63) is 233 Å². The zero-order valence-electron chi connectivity index (χ0n) is 62.1. The van der Waals surface area contributed by atoms with E-state index in [0.717, 1.165) is 0 Å². The van der Waals surface area contributed by atoms with Gasteiger partial charge in [-0.1, -0.05) is 62.4 Å². The van der Waals surface area contributed by atoms with Gasteiger partial charge in [-0.2, -0.15) is 0 Å². The van der Waals surface area contributed by atoms with Crippen LogP contribution in [0.4, 0.5) is 0 Å². The van der Waals surface area contributed by atoms with Gasteiger partial charge in [0.25, 0.3) is 0 Å². The van der Waals surface area contributed by atoms with Crippen LogP contribution in [0.1, 0.15) is 228 Å². The molecule has 0 heterocycles. The maximum atomic E-state index is 12.9. The van der Waals surface area contributed by atoms with Crippen LogP contribution >= 0.6 is 0 Å². The highest BCUT2D eigenvalue weighted by Gasteiger charge is 2.42. The molecule has 0 aromatic heterocycles. The van der Waals surface area contributed by atoms with Crippen molar-refractivity contribution in [2.45, 2.75) is 177 Å². The molecule has 14 atom stereocenters. The number of phenols is 8. The van der Waals surface area contributed by atoms with Gasteiger partial charge in [-0.3, -0.25) is 38.4 Å². The topological polar surface area (TPSA) is 520 Å². The van der Waals surface area contributed by atoms with Crippen molar-refractivity contribution in [3.8, 4) is 46.0 Å². The summed E-state index contributed by atoms with van der Waals surface area (Å²) in [6.45, 7) is 4.39. The van der Waals surface area contributed by atoms with Gasteiger partial charge in [0.1, 0.15) is 46.0 Å². The van der Waals surface area contributed by atoms with Crippen molar-refractivity contribution >= 4 is 46.3 Å². The number of hydrogen-bond acceptors (Lipinski definition) is 28. The van der Waals surface area contributed by atoms with E-state index in [1.807, 2.05) is 13.8 Å². The van der Waals surface area contributed by atoms with Crippen LogP contribution in [0, 0.1) is 11.8 Å². The summed E-state index contributed by atoms with van der Waals surface area (Å²) in [5.41, 5.74) is 25.9. The van der Waals surface area contributed by atoms with E-state index < -0.39 is 70.7 Å². The second-order valence-corrected chi connectivity index (χ2v) is 30.6. The van der Waals surface area contributed by atoms with E-state index in [-0.39, 0.29) is 222 Å². The Morgan fingerprint density at radius 2 is 0.509 bits per heavy atom. The first-order valence-electron chi connectivity index (χ1n) is 37.6. The van der Waals surface area contributed by atoms with Crippen molar-refractivity contribution in [1.29, 1.82) is 0 Å². The highest BCUT2D eigenvalue weighted by Crippen LogP contribution is 2.44. The normalized spacial score (nSPS) is 25.1. The summed E-state index contributed by atoms with van der Waals surface area (Å²) >= 11 is 0. The van der Waals surface area contributed by atoms with E-state index in [4.69, 9.17) is 41.9 Å². The molecule has 0 saturated heterocycles. The first-order chi connectivity index (χ1) is 54.3. The fraction of sp³-hybridized carbons (Fsp3) is 0.349. The first kappa shape index (κ1) is 81.1. The highest BCUT2D eigenvalue weighted by molar-refractivity contribution is 6.33. The third-order valence-electron chi connectivity index (χ3n) is 22.6. The number of phenolic OH excluding ortho intramolecular Hbond substituents is 8. The average Bonchev–Trinajstić information content (AvgIpc) is 0.760. The van der Waals surface area contributed by atoms with Crippen LogP contribution in [-0.2, 0) is 45.4 Å². The van der Waals surface area contributed by atoms with Crippen molar-refractivity contribution in [1.82, 2.24) is 0 Å². The fourth-order valence-electron chi connectivity index (χ4n) is 16.5. The lowest BCUT2D eigenvalue weighted by molar-refractivity contribution is -0.0458. The number of carbonyl (C=O) groups excluding carboxylic acids is 8. The van der Waals surface area contributed by atoms with Crippen LogP contribution in [0.5, 0.6) is 46.0 Å². The molecule has 28 heteroatoms. The second kappa shape index (κ2) is 33.2. The molecule has 8 aromatic carbocycles. The maximum absolute atomic E-state index is 12.9. The van der Waals surface area contributed by atoms with Crippen LogP contribution in [-0.4, -0.2) is 181 Å². The molecule has 28 nitrogen and oxygen atoms in total. The quantitative estimate of drug-likeness (QED) is 0.0584. The number of benzene rings is 8. The SMILES string of the molecule is CC1C[C@@H](OCc2cc(O)c3c(c2)C(=O)c2cccc(O)c2C3=O)C[C@@H](N)[C@H]1O.CC1C[C@H](OCc2cc(O)c3c(c2)C(=O)c2cccc(O)c2C3=O)C[C@@H](N)[C@H]1O.N[C@@H]1C[C@@H](OCc2cc(O)c3c(c2)C(=O)c2cccc(O)c2C3=O)CC[C@@H]1O.N[C@@H]1C[C@H](OCc2cc(O)c3c(c2)C(=O)c2cccc(O)c2C3=O)CC[C@@H]1O. The molecular weight excluding hydrogens is 1470 g/mol. The predicted molar refractivity (Wildman–Crippen MR) is 407 cm³/mol. The molecule has 596 valence electrons. The van der Waals surface area contributed by atoms with E-state index in [2.05, 4.69) is 0 Å². The molecule has 4 saturated carbocycles. The van der Waals surface area contributed by atoms with Gasteiger partial charge in [-0.15, -0.1) is 0 Å². The number of aromatic hydroxyl groups is 8. The molecule has 4 fully saturated rings. The zero-order valence-corrected chi connectivity index (χ0v) is 62.1. The molecule has 0 radical (unpaired) electrons. The van der Waals surface area contributed by atoms with Crippen LogP contribution in [0.25, 0.3) is 0 Å². The minimum atomic E-state index is -0.585. The largest absolute Gasteiger partial charge is 0.507 e. The van der Waals surface area contributed by atoms with Gasteiger partial charge < -0.3 is 103 Å². The molecule has 114 heavy (non-hydrogen) atoms. The van der Waals surface area contributed by atoms with Crippen LogP contribution in [0.3, 0.4) is 0 Å². The van der Waals surface area contributed by atoms with E-state index in [9.17, 15) is 99.6 Å². The van der Waals surface area contributed by atoms with E-state index in [0.29, 0.717) is 86.5 Å². The fourth-order valence-corrected chi connectivity index (χ4v) is 16.5. The number of ether oxygens (including phenoxy) is 4. The van der Waals surface area contributed by atoms with Crippen molar-refractivity contribution < 1.29 is 119 Å². The Bertz CT molecular complexity index is 4870. The van der Waals surface area contributed by atoms with Crippen LogP contribution in [0.2, 0.25) is 0 Å². The lowest BCUT2D eigenvalue weighted by Gasteiger charge is -2.35. The van der Waals surface area contributed by atoms with Crippen LogP contribution in [0.15, 0.2) is 121 Å². The van der Waals surface area contributed by atoms with Gasteiger partial charge in [0, 0.05) is 68.7 Å². The summed E-state index contributed by atoms with van der Waals surface area (Å²) in [7, 11) is 0. The Hall–Kier alpha value is -11.0. The number of nitrogens with two attached hydrogens (primary N) is 4. The number of rotatable bonds is 12. The van der Waals surface area contributed by atoms with E-state index >= 15 is 0 Å². The molecule has 0 amide bonds. The van der Waals surface area contributed by atoms with Gasteiger partial charge in [0.15, 0.2) is 23.1 Å². The van der Waals surface area contributed by atoms with Crippen molar-refractivity contribution in [2.24, 2.45) is 34.8 Å². The Balaban J connectivity index is 0.000000133. The lowest BCUT2D eigenvalue weighted by atomic mass is 9.82. The third-order valence-corrected chi connectivity index (χ3v) is 22.6. The zero-order chi connectivity index (χ0) is 81.7. The predicted octanol–water partition coefficient (Wildman–Crippen LogP) is 7.01. The van der Waals surface area contributed by atoms with Gasteiger partial charge in [-0.25, -0.2) is 0 Å². The molecule has 8 aliphatic carbocycles. The molecular formula is C86H88N4O24.